The van der Waals surface area contributed by atoms with Gasteiger partial charge in [0, 0.05) is 25.4 Å². The van der Waals surface area contributed by atoms with Crippen molar-refractivity contribution >= 4 is 28.1 Å². The first-order valence-corrected chi connectivity index (χ1v) is 10.7. The van der Waals surface area contributed by atoms with E-state index in [0.717, 1.165) is 35.2 Å². The first-order chi connectivity index (χ1) is 15.1. The molecule has 0 aliphatic heterocycles. The highest BCUT2D eigenvalue weighted by Gasteiger charge is 2.23. The average Bonchev–Trinajstić information content (AvgIpc) is 3.05. The van der Waals surface area contributed by atoms with Crippen LogP contribution in [0.3, 0.4) is 0 Å². The zero-order chi connectivity index (χ0) is 21.8. The minimum absolute atomic E-state index is 0.0397. The molecule has 0 fully saturated rings. The normalized spacial score (nSPS) is 12.4. The Kier molecular flexibility index (Phi) is 6.28. The van der Waals surface area contributed by atoms with Gasteiger partial charge in [0.1, 0.15) is 5.52 Å². The van der Waals surface area contributed by atoms with E-state index >= 15 is 0 Å². The van der Waals surface area contributed by atoms with Crippen LogP contribution in [0.25, 0.3) is 22.2 Å². The maximum absolute atomic E-state index is 13.3. The van der Waals surface area contributed by atoms with Gasteiger partial charge in [-0.1, -0.05) is 42.5 Å². The lowest BCUT2D eigenvalue weighted by Gasteiger charge is -2.14. The quantitative estimate of drug-likeness (QED) is 0.465. The zero-order valence-electron chi connectivity index (χ0n) is 18.3. The van der Waals surface area contributed by atoms with Crippen LogP contribution in [0.15, 0.2) is 54.6 Å². The molecule has 0 spiro atoms. The molecular weight excluding hydrogens is 388 g/mol. The number of ether oxygens (including phenoxy) is 1. The molecule has 0 radical (unpaired) electrons. The van der Waals surface area contributed by atoms with E-state index in [0.29, 0.717) is 24.2 Å². The number of hydrogen-bond acceptors (Lipinski definition) is 4. The van der Waals surface area contributed by atoms with Crippen molar-refractivity contribution in [2.24, 2.45) is 0 Å². The summed E-state index contributed by atoms with van der Waals surface area (Å²) in [7, 11) is 1.67. The number of carbonyl (C=O) groups excluding carboxylic acids is 1. The second-order valence-corrected chi connectivity index (χ2v) is 7.89. The summed E-state index contributed by atoms with van der Waals surface area (Å²) in [5.74, 6) is -0.108. The predicted molar refractivity (Wildman–Crippen MR) is 123 cm³/mol. The van der Waals surface area contributed by atoms with E-state index in [-0.39, 0.29) is 11.9 Å². The molecule has 6 nitrogen and oxygen atoms in total. The second kappa shape index (κ2) is 9.27. The number of methoxy groups -OCH3 is 1. The molecule has 2 aromatic carbocycles. The summed E-state index contributed by atoms with van der Waals surface area (Å²) in [6, 6.07) is 18.1. The zero-order valence-corrected chi connectivity index (χ0v) is 18.3. The summed E-state index contributed by atoms with van der Waals surface area (Å²) in [6.45, 7) is 5.14. The van der Waals surface area contributed by atoms with Gasteiger partial charge in [-0.2, -0.15) is 0 Å². The van der Waals surface area contributed by atoms with Gasteiger partial charge in [-0.15, -0.1) is 0 Å². The van der Waals surface area contributed by atoms with Gasteiger partial charge in [-0.3, -0.25) is 4.79 Å². The fourth-order valence-electron chi connectivity index (χ4n) is 3.94. The molecule has 1 atom stereocenters. The molecule has 0 bridgehead atoms. The second-order valence-electron chi connectivity index (χ2n) is 7.89. The van der Waals surface area contributed by atoms with Crippen molar-refractivity contribution in [1.82, 2.24) is 19.9 Å². The summed E-state index contributed by atoms with van der Waals surface area (Å²) >= 11 is 0. The summed E-state index contributed by atoms with van der Waals surface area (Å²) in [4.78, 5) is 22.9. The number of nitrogens with one attached hydrogen (secondary N) is 1. The van der Waals surface area contributed by atoms with Crippen LogP contribution in [0.2, 0.25) is 0 Å². The predicted octanol–water partition coefficient (Wildman–Crippen LogP) is 4.29. The first kappa shape index (κ1) is 21.0. The number of carbonyl (C=O) groups is 1. The van der Waals surface area contributed by atoms with E-state index in [1.807, 2.05) is 60.9 Å². The summed E-state index contributed by atoms with van der Waals surface area (Å²) in [5, 5.41) is 3.17. The van der Waals surface area contributed by atoms with E-state index < -0.39 is 0 Å². The van der Waals surface area contributed by atoms with Crippen molar-refractivity contribution in [3.8, 4) is 0 Å². The Morgan fingerprint density at radius 2 is 1.74 bits per heavy atom. The van der Waals surface area contributed by atoms with Gasteiger partial charge in [0.05, 0.1) is 23.2 Å². The van der Waals surface area contributed by atoms with Crippen molar-refractivity contribution in [3.05, 3.63) is 71.4 Å². The standard InChI is InChI=1S/C25H28N4O2/c1-17(13-14-19-9-5-4-6-10-19)26-25(30)22-18(2)29(15-16-31-3)24-23(22)27-20-11-7-8-12-21(20)28-24/h4-12,17H,13-16H2,1-3H3,(H,26,30). The van der Waals surface area contributed by atoms with Gasteiger partial charge in [0.25, 0.3) is 5.91 Å². The topological polar surface area (TPSA) is 69.0 Å². The van der Waals surface area contributed by atoms with E-state index in [2.05, 4.69) is 17.4 Å². The Bertz CT molecular complexity index is 1200. The summed E-state index contributed by atoms with van der Waals surface area (Å²) in [6.07, 6.45) is 1.78. The molecular formula is C25H28N4O2. The maximum Gasteiger partial charge on any atom is 0.255 e. The van der Waals surface area contributed by atoms with Crippen LogP contribution in [-0.4, -0.2) is 40.2 Å². The molecule has 6 heteroatoms. The van der Waals surface area contributed by atoms with Gasteiger partial charge in [-0.05, 0) is 44.4 Å². The SMILES string of the molecule is COCCn1c(C)c(C(=O)NC(C)CCc2ccccc2)c2nc3ccccc3nc21. The Morgan fingerprint density at radius 1 is 1.06 bits per heavy atom. The summed E-state index contributed by atoms with van der Waals surface area (Å²) < 4.78 is 7.31. The number of hydrogen-bond donors (Lipinski definition) is 1. The Balaban J connectivity index is 1.64. The number of aryl methyl sites for hydroxylation is 1. The third-order valence-electron chi connectivity index (χ3n) is 5.64. The van der Waals surface area contributed by atoms with Crippen molar-refractivity contribution in [1.29, 1.82) is 0 Å². The highest BCUT2D eigenvalue weighted by Crippen LogP contribution is 2.26. The van der Waals surface area contributed by atoms with E-state index in [1.165, 1.54) is 5.56 Å². The van der Waals surface area contributed by atoms with Crippen molar-refractivity contribution in [3.63, 3.8) is 0 Å². The molecule has 2 heterocycles. The minimum atomic E-state index is -0.108. The summed E-state index contributed by atoms with van der Waals surface area (Å²) in [5.41, 5.74) is 5.68. The first-order valence-electron chi connectivity index (χ1n) is 10.7. The molecule has 0 aliphatic rings. The molecule has 160 valence electrons. The Labute approximate surface area is 182 Å². The lowest BCUT2D eigenvalue weighted by Crippen LogP contribution is -2.33. The van der Waals surface area contributed by atoms with E-state index in [4.69, 9.17) is 14.7 Å². The lowest BCUT2D eigenvalue weighted by molar-refractivity contribution is 0.0939. The van der Waals surface area contributed by atoms with Crippen molar-refractivity contribution in [2.75, 3.05) is 13.7 Å². The van der Waals surface area contributed by atoms with Gasteiger partial charge in [0.2, 0.25) is 0 Å². The van der Waals surface area contributed by atoms with Crippen LogP contribution in [0.5, 0.6) is 0 Å². The molecule has 1 unspecified atom stereocenters. The molecule has 0 aliphatic carbocycles. The molecule has 0 saturated carbocycles. The molecule has 1 amide bonds. The highest BCUT2D eigenvalue weighted by molar-refractivity contribution is 6.07. The van der Waals surface area contributed by atoms with Crippen LogP contribution >= 0.6 is 0 Å². The fourth-order valence-corrected chi connectivity index (χ4v) is 3.94. The van der Waals surface area contributed by atoms with Crippen LogP contribution in [0.1, 0.15) is 35.0 Å². The van der Waals surface area contributed by atoms with Gasteiger partial charge in [-0.25, -0.2) is 9.97 Å². The van der Waals surface area contributed by atoms with Crippen molar-refractivity contribution in [2.45, 2.75) is 39.3 Å². The van der Waals surface area contributed by atoms with Crippen LogP contribution in [0.4, 0.5) is 0 Å². The Hall–Kier alpha value is -3.25. The minimum Gasteiger partial charge on any atom is -0.383 e. The van der Waals surface area contributed by atoms with Gasteiger partial charge < -0.3 is 14.6 Å². The molecule has 4 aromatic rings. The number of benzene rings is 2. The molecule has 0 saturated heterocycles. The molecule has 4 rings (SSSR count). The number of rotatable bonds is 8. The lowest BCUT2D eigenvalue weighted by atomic mass is 10.1. The van der Waals surface area contributed by atoms with E-state index in [9.17, 15) is 4.79 Å². The number of fused-ring (bicyclic) bond motifs is 2. The molecule has 2 aromatic heterocycles. The van der Waals surface area contributed by atoms with E-state index in [1.54, 1.807) is 7.11 Å². The van der Waals surface area contributed by atoms with Crippen LogP contribution in [-0.2, 0) is 17.7 Å². The van der Waals surface area contributed by atoms with Crippen LogP contribution < -0.4 is 5.32 Å². The number of amides is 1. The van der Waals surface area contributed by atoms with Gasteiger partial charge in [0.15, 0.2) is 5.65 Å². The fraction of sp³-hybridized carbons (Fsp3) is 0.320. The number of aromatic nitrogens is 3. The number of nitrogens with zero attached hydrogens (tertiary/aromatic N) is 3. The smallest absolute Gasteiger partial charge is 0.255 e. The molecule has 1 N–H and O–H groups in total. The highest BCUT2D eigenvalue weighted by atomic mass is 16.5. The third-order valence-corrected chi connectivity index (χ3v) is 5.64. The largest absolute Gasteiger partial charge is 0.383 e. The van der Waals surface area contributed by atoms with Crippen molar-refractivity contribution < 1.29 is 9.53 Å². The monoisotopic (exact) mass is 416 g/mol. The van der Waals surface area contributed by atoms with Crippen LogP contribution in [0, 0.1) is 6.92 Å². The average molecular weight is 417 g/mol. The maximum atomic E-state index is 13.3. The Morgan fingerprint density at radius 3 is 2.45 bits per heavy atom. The third kappa shape index (κ3) is 4.44. The van der Waals surface area contributed by atoms with Gasteiger partial charge >= 0.3 is 0 Å². The number of para-hydroxylation sites is 2. The molecule has 31 heavy (non-hydrogen) atoms.